The molecule has 0 aromatic heterocycles. The average Bonchev–Trinajstić information content (AvgIpc) is 2.50. The minimum absolute atomic E-state index is 0.0415. The van der Waals surface area contributed by atoms with E-state index in [2.05, 4.69) is 5.32 Å². The molecule has 0 aliphatic carbocycles. The number of nitrogens with zero attached hydrogens (tertiary/aromatic N) is 1. The summed E-state index contributed by atoms with van der Waals surface area (Å²) in [5.74, 6) is 0.0621. The summed E-state index contributed by atoms with van der Waals surface area (Å²) in [7, 11) is 0. The predicted molar refractivity (Wildman–Crippen MR) is 83.1 cm³/mol. The van der Waals surface area contributed by atoms with E-state index >= 15 is 0 Å². The van der Waals surface area contributed by atoms with Gasteiger partial charge in [-0.15, -0.1) is 0 Å². The zero-order chi connectivity index (χ0) is 16.1. The SMILES string of the molecule is CCCCNC(=O)CN1C(=O)C(CC)Oc2cc(O)ccc21. The molecule has 1 unspecified atom stereocenters. The van der Waals surface area contributed by atoms with Crippen molar-refractivity contribution in [2.24, 2.45) is 0 Å². The lowest BCUT2D eigenvalue weighted by Crippen LogP contribution is -2.49. The molecule has 6 nitrogen and oxygen atoms in total. The van der Waals surface area contributed by atoms with Crippen molar-refractivity contribution in [1.82, 2.24) is 5.32 Å². The lowest BCUT2D eigenvalue weighted by atomic mass is 10.1. The van der Waals surface area contributed by atoms with Crippen molar-refractivity contribution >= 4 is 17.5 Å². The van der Waals surface area contributed by atoms with Gasteiger partial charge in [0.2, 0.25) is 5.91 Å². The normalized spacial score (nSPS) is 16.9. The van der Waals surface area contributed by atoms with Crippen LogP contribution in [0.5, 0.6) is 11.5 Å². The standard InChI is InChI=1S/C16H22N2O4/c1-3-5-8-17-15(20)10-18-12-7-6-11(19)9-14(12)22-13(4-2)16(18)21/h6-7,9,13,19H,3-5,8,10H2,1-2H3,(H,17,20). The Labute approximate surface area is 130 Å². The number of carbonyl (C=O) groups excluding carboxylic acids is 2. The molecule has 1 atom stereocenters. The molecule has 6 heteroatoms. The van der Waals surface area contributed by atoms with Crippen molar-refractivity contribution in [1.29, 1.82) is 0 Å². The molecule has 22 heavy (non-hydrogen) atoms. The number of hydrogen-bond donors (Lipinski definition) is 2. The molecule has 2 rings (SSSR count). The second-order valence-corrected chi connectivity index (χ2v) is 5.29. The summed E-state index contributed by atoms with van der Waals surface area (Å²) in [6.07, 6.45) is 1.78. The third-order valence-electron chi connectivity index (χ3n) is 3.57. The van der Waals surface area contributed by atoms with Gasteiger partial charge in [-0.1, -0.05) is 20.3 Å². The van der Waals surface area contributed by atoms with E-state index in [0.29, 0.717) is 24.4 Å². The van der Waals surface area contributed by atoms with E-state index in [0.717, 1.165) is 12.8 Å². The Kier molecular flexibility index (Phi) is 5.25. The summed E-state index contributed by atoms with van der Waals surface area (Å²) in [5, 5.41) is 12.4. The monoisotopic (exact) mass is 306 g/mol. The number of rotatable bonds is 6. The maximum Gasteiger partial charge on any atom is 0.268 e. The topological polar surface area (TPSA) is 78.9 Å². The van der Waals surface area contributed by atoms with Crippen LogP contribution in [0.2, 0.25) is 0 Å². The molecule has 1 aromatic carbocycles. The molecule has 0 fully saturated rings. The van der Waals surface area contributed by atoms with Crippen LogP contribution in [0.15, 0.2) is 18.2 Å². The zero-order valence-electron chi connectivity index (χ0n) is 13.0. The Bertz CT molecular complexity index is 559. The van der Waals surface area contributed by atoms with E-state index in [1.807, 2.05) is 13.8 Å². The zero-order valence-corrected chi connectivity index (χ0v) is 13.0. The van der Waals surface area contributed by atoms with Crippen molar-refractivity contribution in [2.75, 3.05) is 18.0 Å². The Hall–Kier alpha value is -2.24. The number of carbonyl (C=O) groups is 2. The van der Waals surface area contributed by atoms with E-state index in [1.165, 1.54) is 17.0 Å². The minimum Gasteiger partial charge on any atom is -0.508 e. The number of aromatic hydroxyl groups is 1. The molecule has 1 aliphatic heterocycles. The first-order valence-electron chi connectivity index (χ1n) is 7.64. The number of unbranched alkanes of at least 4 members (excludes halogenated alkanes) is 1. The fourth-order valence-corrected chi connectivity index (χ4v) is 2.34. The number of nitrogens with one attached hydrogen (secondary N) is 1. The average molecular weight is 306 g/mol. The molecule has 0 spiro atoms. The highest BCUT2D eigenvalue weighted by Gasteiger charge is 2.34. The van der Waals surface area contributed by atoms with Gasteiger partial charge in [0.15, 0.2) is 6.10 Å². The Morgan fingerprint density at radius 1 is 1.41 bits per heavy atom. The van der Waals surface area contributed by atoms with Gasteiger partial charge in [0.25, 0.3) is 5.91 Å². The van der Waals surface area contributed by atoms with Gasteiger partial charge in [0, 0.05) is 12.6 Å². The first kappa shape index (κ1) is 16.1. The van der Waals surface area contributed by atoms with E-state index < -0.39 is 6.10 Å². The first-order chi connectivity index (χ1) is 10.6. The Balaban J connectivity index is 2.17. The number of benzene rings is 1. The number of anilines is 1. The van der Waals surface area contributed by atoms with Crippen LogP contribution in [-0.4, -0.2) is 36.1 Å². The van der Waals surface area contributed by atoms with Gasteiger partial charge in [-0.3, -0.25) is 14.5 Å². The molecule has 2 N–H and O–H groups in total. The number of ether oxygens (including phenoxy) is 1. The number of amides is 2. The van der Waals surface area contributed by atoms with Crippen molar-refractivity contribution in [3.8, 4) is 11.5 Å². The van der Waals surface area contributed by atoms with E-state index in [4.69, 9.17) is 4.74 Å². The molecule has 1 aromatic rings. The highest BCUT2D eigenvalue weighted by atomic mass is 16.5. The highest BCUT2D eigenvalue weighted by molar-refractivity contribution is 6.03. The van der Waals surface area contributed by atoms with Gasteiger partial charge in [-0.05, 0) is 25.0 Å². The van der Waals surface area contributed by atoms with Crippen LogP contribution < -0.4 is 15.0 Å². The van der Waals surface area contributed by atoms with Crippen LogP contribution in [0, 0.1) is 0 Å². The summed E-state index contributed by atoms with van der Waals surface area (Å²) < 4.78 is 5.60. The van der Waals surface area contributed by atoms with Crippen molar-refractivity contribution in [3.05, 3.63) is 18.2 Å². The molecule has 0 saturated carbocycles. The fourth-order valence-electron chi connectivity index (χ4n) is 2.34. The fraction of sp³-hybridized carbons (Fsp3) is 0.500. The largest absolute Gasteiger partial charge is 0.508 e. The molecule has 120 valence electrons. The molecule has 0 saturated heterocycles. The number of hydrogen-bond acceptors (Lipinski definition) is 4. The molecule has 1 heterocycles. The summed E-state index contributed by atoms with van der Waals surface area (Å²) in [6.45, 7) is 4.45. The van der Waals surface area contributed by atoms with Crippen LogP contribution in [0.25, 0.3) is 0 Å². The number of phenols is 1. The third kappa shape index (κ3) is 3.50. The first-order valence-corrected chi connectivity index (χ1v) is 7.64. The number of fused-ring (bicyclic) bond motifs is 1. The summed E-state index contributed by atoms with van der Waals surface area (Å²) in [4.78, 5) is 25.9. The second kappa shape index (κ2) is 7.15. The van der Waals surface area contributed by atoms with Crippen molar-refractivity contribution in [2.45, 2.75) is 39.2 Å². The lowest BCUT2D eigenvalue weighted by Gasteiger charge is -2.33. The van der Waals surface area contributed by atoms with Crippen LogP contribution in [0.3, 0.4) is 0 Å². The highest BCUT2D eigenvalue weighted by Crippen LogP contribution is 2.37. The lowest BCUT2D eigenvalue weighted by molar-refractivity contribution is -0.129. The molecule has 0 radical (unpaired) electrons. The summed E-state index contributed by atoms with van der Waals surface area (Å²) in [5.41, 5.74) is 0.512. The van der Waals surface area contributed by atoms with Crippen LogP contribution in [-0.2, 0) is 9.59 Å². The quantitative estimate of drug-likeness (QED) is 0.786. The second-order valence-electron chi connectivity index (χ2n) is 5.29. The Morgan fingerprint density at radius 2 is 2.18 bits per heavy atom. The van der Waals surface area contributed by atoms with E-state index in [1.54, 1.807) is 6.07 Å². The van der Waals surface area contributed by atoms with Gasteiger partial charge < -0.3 is 15.2 Å². The van der Waals surface area contributed by atoms with Gasteiger partial charge in [-0.25, -0.2) is 0 Å². The van der Waals surface area contributed by atoms with Gasteiger partial charge >= 0.3 is 0 Å². The third-order valence-corrected chi connectivity index (χ3v) is 3.57. The minimum atomic E-state index is -0.627. The number of phenolic OH excluding ortho intramolecular Hbond substituents is 1. The Morgan fingerprint density at radius 3 is 2.86 bits per heavy atom. The maximum absolute atomic E-state index is 12.4. The van der Waals surface area contributed by atoms with Gasteiger partial charge in [-0.2, -0.15) is 0 Å². The molecule has 1 aliphatic rings. The molecule has 0 bridgehead atoms. The molecule has 2 amide bonds. The van der Waals surface area contributed by atoms with Crippen LogP contribution in [0.4, 0.5) is 5.69 Å². The predicted octanol–water partition coefficient (Wildman–Crippen LogP) is 1.81. The van der Waals surface area contributed by atoms with Crippen molar-refractivity contribution < 1.29 is 19.4 Å². The smallest absolute Gasteiger partial charge is 0.268 e. The van der Waals surface area contributed by atoms with Crippen LogP contribution in [0.1, 0.15) is 33.1 Å². The summed E-state index contributed by atoms with van der Waals surface area (Å²) in [6, 6.07) is 4.53. The van der Waals surface area contributed by atoms with E-state index in [9.17, 15) is 14.7 Å². The van der Waals surface area contributed by atoms with Crippen molar-refractivity contribution in [3.63, 3.8) is 0 Å². The van der Waals surface area contributed by atoms with E-state index in [-0.39, 0.29) is 24.1 Å². The van der Waals surface area contributed by atoms with Gasteiger partial charge in [0.05, 0.1) is 5.69 Å². The van der Waals surface area contributed by atoms with Gasteiger partial charge in [0.1, 0.15) is 18.0 Å². The molecular formula is C16H22N2O4. The van der Waals surface area contributed by atoms with Crippen LogP contribution >= 0.6 is 0 Å². The maximum atomic E-state index is 12.4. The summed E-state index contributed by atoms with van der Waals surface area (Å²) >= 11 is 0. The molecular weight excluding hydrogens is 284 g/mol.